The predicted molar refractivity (Wildman–Crippen MR) is 94.6 cm³/mol. The number of pyridine rings is 1. The number of methoxy groups -OCH3 is 1. The fraction of sp³-hybridized carbons (Fsp3) is 0.0500. The van der Waals surface area contributed by atoms with E-state index in [1.54, 1.807) is 24.3 Å². The molecule has 0 saturated heterocycles. The van der Waals surface area contributed by atoms with Crippen LogP contribution in [0.25, 0.3) is 33.0 Å². The van der Waals surface area contributed by atoms with E-state index >= 15 is 0 Å². The van der Waals surface area contributed by atoms with Gasteiger partial charge < -0.3 is 9.15 Å². The van der Waals surface area contributed by atoms with Crippen molar-refractivity contribution < 1.29 is 13.9 Å². The Morgan fingerprint density at radius 1 is 1.00 bits per heavy atom. The van der Waals surface area contributed by atoms with Crippen molar-refractivity contribution in [2.24, 2.45) is 0 Å². The Bertz CT molecular complexity index is 1160. The molecule has 0 aliphatic rings. The number of benzene rings is 2. The lowest BCUT2D eigenvalue weighted by Gasteiger charge is -2.10. The van der Waals surface area contributed by atoms with Crippen molar-refractivity contribution in [2.75, 3.05) is 7.11 Å². The lowest BCUT2D eigenvalue weighted by atomic mass is 10.0. The molecule has 4 aromatic rings. The summed E-state index contributed by atoms with van der Waals surface area (Å²) in [6.07, 6.45) is 0. The van der Waals surface area contributed by atoms with Gasteiger partial charge in [0.15, 0.2) is 5.69 Å². The summed E-state index contributed by atoms with van der Waals surface area (Å²) in [5.41, 5.74) is 1.82. The highest BCUT2D eigenvalue weighted by molar-refractivity contribution is 6.06. The fourth-order valence-corrected chi connectivity index (χ4v) is 2.87. The first-order valence-corrected chi connectivity index (χ1v) is 7.69. The van der Waals surface area contributed by atoms with Crippen molar-refractivity contribution in [3.8, 4) is 11.1 Å². The van der Waals surface area contributed by atoms with E-state index in [-0.39, 0.29) is 5.69 Å². The Labute approximate surface area is 142 Å². The van der Waals surface area contributed by atoms with Gasteiger partial charge in [0.1, 0.15) is 5.58 Å². The van der Waals surface area contributed by atoms with Gasteiger partial charge in [-0.3, -0.25) is 0 Å². The van der Waals surface area contributed by atoms with Crippen LogP contribution in [-0.2, 0) is 4.74 Å². The summed E-state index contributed by atoms with van der Waals surface area (Å²) >= 11 is 0. The van der Waals surface area contributed by atoms with Gasteiger partial charge in [-0.25, -0.2) is 14.6 Å². The molecule has 0 fully saturated rings. The molecule has 0 radical (unpaired) electrons. The number of esters is 1. The van der Waals surface area contributed by atoms with Gasteiger partial charge in [0.05, 0.1) is 18.0 Å². The molecule has 122 valence electrons. The molecule has 2 aromatic carbocycles. The third-order valence-corrected chi connectivity index (χ3v) is 4.05. The highest BCUT2D eigenvalue weighted by atomic mass is 16.5. The van der Waals surface area contributed by atoms with Gasteiger partial charge in [-0.1, -0.05) is 42.5 Å². The summed E-state index contributed by atoms with van der Waals surface area (Å²) < 4.78 is 10.3. The second kappa shape index (κ2) is 5.87. The number of hydrogen-bond donors (Lipinski definition) is 0. The van der Waals surface area contributed by atoms with Crippen LogP contribution in [0.15, 0.2) is 69.9 Å². The van der Waals surface area contributed by atoms with Crippen molar-refractivity contribution >= 4 is 27.8 Å². The van der Waals surface area contributed by atoms with E-state index in [1.807, 2.05) is 36.4 Å². The highest BCUT2D eigenvalue weighted by Gasteiger charge is 2.19. The first kappa shape index (κ1) is 15.1. The number of ether oxygens (including phenoxy) is 1. The van der Waals surface area contributed by atoms with Gasteiger partial charge >= 0.3 is 11.6 Å². The van der Waals surface area contributed by atoms with E-state index in [1.165, 1.54) is 7.11 Å². The molecular weight excluding hydrogens is 318 g/mol. The van der Waals surface area contributed by atoms with Crippen LogP contribution in [0.2, 0.25) is 0 Å². The predicted octanol–water partition coefficient (Wildman–Crippen LogP) is 3.79. The Morgan fingerprint density at radius 3 is 2.48 bits per heavy atom. The molecule has 0 aliphatic carbocycles. The summed E-state index contributed by atoms with van der Waals surface area (Å²) in [6.45, 7) is 0. The van der Waals surface area contributed by atoms with Gasteiger partial charge in [-0.2, -0.15) is 0 Å². The molecular formula is C20H13NO4. The molecule has 0 amide bonds. The van der Waals surface area contributed by atoms with Crippen LogP contribution in [0, 0.1) is 0 Å². The maximum atomic E-state index is 12.4. The van der Waals surface area contributed by atoms with E-state index in [2.05, 4.69) is 4.98 Å². The van der Waals surface area contributed by atoms with Crippen molar-refractivity contribution in [1.82, 2.24) is 4.98 Å². The zero-order chi connectivity index (χ0) is 17.4. The van der Waals surface area contributed by atoms with E-state index in [9.17, 15) is 9.59 Å². The molecule has 4 rings (SSSR count). The third kappa shape index (κ3) is 2.46. The maximum absolute atomic E-state index is 12.4. The molecule has 0 spiro atoms. The van der Waals surface area contributed by atoms with Crippen molar-refractivity contribution in [1.29, 1.82) is 0 Å². The van der Waals surface area contributed by atoms with Crippen molar-refractivity contribution in [3.05, 3.63) is 76.8 Å². The monoisotopic (exact) mass is 331 g/mol. The summed E-state index contributed by atoms with van der Waals surface area (Å²) in [5, 5.41) is 0.993. The van der Waals surface area contributed by atoms with Crippen LogP contribution in [0.1, 0.15) is 10.5 Å². The van der Waals surface area contributed by atoms with Crippen molar-refractivity contribution in [3.63, 3.8) is 0 Å². The number of para-hydroxylation sites is 1. The number of aromatic nitrogens is 1. The van der Waals surface area contributed by atoms with E-state index in [0.717, 1.165) is 5.56 Å². The van der Waals surface area contributed by atoms with Crippen LogP contribution in [0.5, 0.6) is 0 Å². The molecule has 5 heteroatoms. The van der Waals surface area contributed by atoms with Gasteiger partial charge in [0.25, 0.3) is 0 Å². The summed E-state index contributed by atoms with van der Waals surface area (Å²) in [5.74, 6) is -0.557. The third-order valence-electron chi connectivity index (χ3n) is 4.05. The minimum atomic E-state index is -0.557. The molecule has 2 aromatic heterocycles. The minimum absolute atomic E-state index is 0.164. The molecule has 0 bridgehead atoms. The Balaban J connectivity index is 2.16. The zero-order valence-corrected chi connectivity index (χ0v) is 13.4. The summed E-state index contributed by atoms with van der Waals surface area (Å²) in [4.78, 5) is 29.2. The van der Waals surface area contributed by atoms with Crippen LogP contribution >= 0.6 is 0 Å². The standard InChI is InChI=1S/C20H13NO4/c1-24-20(23)18-14(12-7-3-2-4-8-12)11-15-17(21-18)13-9-5-6-10-16(13)25-19(15)22/h2-11H,1H3. The molecule has 0 atom stereocenters. The average molecular weight is 331 g/mol. The summed E-state index contributed by atoms with van der Waals surface area (Å²) in [6, 6.07) is 18.0. The lowest BCUT2D eigenvalue weighted by molar-refractivity contribution is 0.0595. The summed E-state index contributed by atoms with van der Waals surface area (Å²) in [7, 11) is 1.31. The molecule has 0 N–H and O–H groups in total. The maximum Gasteiger partial charge on any atom is 0.357 e. The lowest BCUT2D eigenvalue weighted by Crippen LogP contribution is -2.10. The number of nitrogens with zero attached hydrogens (tertiary/aromatic N) is 1. The highest BCUT2D eigenvalue weighted by Crippen LogP contribution is 2.29. The number of fused-ring (bicyclic) bond motifs is 3. The van der Waals surface area contributed by atoms with E-state index < -0.39 is 11.6 Å². The topological polar surface area (TPSA) is 69.4 Å². The van der Waals surface area contributed by atoms with Crippen molar-refractivity contribution in [2.45, 2.75) is 0 Å². The molecule has 0 saturated carbocycles. The molecule has 2 heterocycles. The zero-order valence-electron chi connectivity index (χ0n) is 13.4. The van der Waals surface area contributed by atoms with E-state index in [4.69, 9.17) is 9.15 Å². The fourth-order valence-electron chi connectivity index (χ4n) is 2.87. The molecule has 25 heavy (non-hydrogen) atoms. The van der Waals surface area contributed by atoms with E-state index in [0.29, 0.717) is 27.4 Å². The van der Waals surface area contributed by atoms with Gasteiger partial charge in [-0.15, -0.1) is 0 Å². The van der Waals surface area contributed by atoms with Gasteiger partial charge in [0, 0.05) is 10.9 Å². The minimum Gasteiger partial charge on any atom is -0.464 e. The van der Waals surface area contributed by atoms with Crippen LogP contribution in [0.4, 0.5) is 0 Å². The number of carbonyl (C=O) groups excluding carboxylic acids is 1. The van der Waals surface area contributed by atoms with Crippen LogP contribution < -0.4 is 5.63 Å². The van der Waals surface area contributed by atoms with Crippen LogP contribution in [0.3, 0.4) is 0 Å². The first-order chi connectivity index (χ1) is 12.2. The van der Waals surface area contributed by atoms with Gasteiger partial charge in [0.2, 0.25) is 0 Å². The SMILES string of the molecule is COC(=O)c1nc2c(cc1-c1ccccc1)c(=O)oc1ccccc12. The Morgan fingerprint density at radius 2 is 1.72 bits per heavy atom. The average Bonchev–Trinajstić information content (AvgIpc) is 2.67. The Hall–Kier alpha value is -3.47. The number of hydrogen-bond acceptors (Lipinski definition) is 5. The van der Waals surface area contributed by atoms with Crippen LogP contribution in [-0.4, -0.2) is 18.1 Å². The second-order valence-electron chi connectivity index (χ2n) is 5.52. The first-order valence-electron chi connectivity index (χ1n) is 7.69. The second-order valence-corrected chi connectivity index (χ2v) is 5.52. The number of rotatable bonds is 2. The largest absolute Gasteiger partial charge is 0.464 e. The molecule has 0 aliphatic heterocycles. The van der Waals surface area contributed by atoms with Gasteiger partial charge in [-0.05, 0) is 23.8 Å². The quantitative estimate of drug-likeness (QED) is 0.317. The number of carbonyl (C=O) groups is 1. The molecule has 5 nitrogen and oxygen atoms in total. The smallest absolute Gasteiger partial charge is 0.357 e. The molecule has 0 unspecified atom stereocenters. The Kier molecular flexibility index (Phi) is 3.54. The normalized spacial score (nSPS) is 10.9.